The van der Waals surface area contributed by atoms with Gasteiger partial charge < -0.3 is 4.42 Å². The standard InChI is InChI=1S/C19H14ClFN4O2S/c1-25-10-12(8-23-25)16-4-5-17(27-16)18(26)24-19-22-9-13(28-19)6-11-2-3-15(21)14(20)7-11/h2-5,7-10H,6H2,1H3,(H,22,24,26). The summed E-state index contributed by atoms with van der Waals surface area (Å²) in [6, 6.07) is 7.90. The highest BCUT2D eigenvalue weighted by Crippen LogP contribution is 2.25. The van der Waals surface area contributed by atoms with E-state index in [1.807, 2.05) is 0 Å². The molecule has 3 aromatic heterocycles. The van der Waals surface area contributed by atoms with Gasteiger partial charge in [0.2, 0.25) is 0 Å². The van der Waals surface area contributed by atoms with Gasteiger partial charge in [-0.2, -0.15) is 5.10 Å². The molecule has 4 rings (SSSR count). The van der Waals surface area contributed by atoms with Gasteiger partial charge in [0, 0.05) is 30.7 Å². The van der Waals surface area contributed by atoms with Crippen LogP contribution in [0.25, 0.3) is 11.3 Å². The zero-order valence-electron chi connectivity index (χ0n) is 14.6. The molecule has 1 N–H and O–H groups in total. The van der Waals surface area contributed by atoms with Crippen LogP contribution >= 0.6 is 22.9 Å². The molecule has 0 radical (unpaired) electrons. The SMILES string of the molecule is Cn1cc(-c2ccc(C(=O)Nc3ncc(Cc4ccc(F)c(Cl)c4)s3)o2)cn1. The Balaban J connectivity index is 1.43. The van der Waals surface area contributed by atoms with Gasteiger partial charge in [-0.15, -0.1) is 11.3 Å². The molecule has 0 fully saturated rings. The van der Waals surface area contributed by atoms with Crippen molar-refractivity contribution in [2.45, 2.75) is 6.42 Å². The molecule has 0 saturated heterocycles. The Morgan fingerprint density at radius 3 is 2.93 bits per heavy atom. The van der Waals surface area contributed by atoms with E-state index < -0.39 is 5.82 Å². The zero-order valence-corrected chi connectivity index (χ0v) is 16.2. The van der Waals surface area contributed by atoms with Gasteiger partial charge in [0.1, 0.15) is 11.6 Å². The van der Waals surface area contributed by atoms with Crippen molar-refractivity contribution < 1.29 is 13.6 Å². The number of rotatable bonds is 5. The molecule has 4 aromatic rings. The van der Waals surface area contributed by atoms with Crippen LogP contribution in [0.2, 0.25) is 5.02 Å². The molecule has 28 heavy (non-hydrogen) atoms. The lowest BCUT2D eigenvalue weighted by Gasteiger charge is -2.00. The third kappa shape index (κ3) is 3.97. The molecule has 3 heterocycles. The maximum absolute atomic E-state index is 13.3. The van der Waals surface area contributed by atoms with Gasteiger partial charge in [-0.3, -0.25) is 14.8 Å². The number of hydrogen-bond acceptors (Lipinski definition) is 5. The number of aryl methyl sites for hydroxylation is 1. The van der Waals surface area contributed by atoms with Gasteiger partial charge in [0.15, 0.2) is 10.9 Å². The second kappa shape index (κ2) is 7.57. The second-order valence-electron chi connectivity index (χ2n) is 6.08. The van der Waals surface area contributed by atoms with Crippen LogP contribution in [0.3, 0.4) is 0 Å². The second-order valence-corrected chi connectivity index (χ2v) is 7.60. The van der Waals surface area contributed by atoms with Gasteiger partial charge >= 0.3 is 0 Å². The molecule has 0 saturated carbocycles. The highest BCUT2D eigenvalue weighted by molar-refractivity contribution is 7.15. The molecule has 0 spiro atoms. The van der Waals surface area contributed by atoms with Crippen molar-refractivity contribution in [1.29, 1.82) is 0 Å². The van der Waals surface area contributed by atoms with Crippen molar-refractivity contribution in [3.05, 3.63) is 76.0 Å². The normalized spacial score (nSPS) is 11.0. The van der Waals surface area contributed by atoms with E-state index in [1.54, 1.807) is 54.6 Å². The first-order valence-electron chi connectivity index (χ1n) is 8.27. The molecule has 6 nitrogen and oxygen atoms in total. The first-order chi connectivity index (χ1) is 13.5. The summed E-state index contributed by atoms with van der Waals surface area (Å²) in [5.74, 6) is -0.0974. The summed E-state index contributed by atoms with van der Waals surface area (Å²) in [5.41, 5.74) is 1.65. The molecular weight excluding hydrogens is 403 g/mol. The van der Waals surface area contributed by atoms with Gasteiger partial charge in [0.25, 0.3) is 5.91 Å². The van der Waals surface area contributed by atoms with Crippen molar-refractivity contribution >= 4 is 34.0 Å². The topological polar surface area (TPSA) is 73.0 Å². The summed E-state index contributed by atoms with van der Waals surface area (Å²) >= 11 is 7.14. The number of amides is 1. The van der Waals surface area contributed by atoms with Gasteiger partial charge in [-0.05, 0) is 29.8 Å². The summed E-state index contributed by atoms with van der Waals surface area (Å²) in [5, 5.41) is 7.34. The van der Waals surface area contributed by atoms with Crippen LogP contribution in [-0.4, -0.2) is 20.7 Å². The average Bonchev–Trinajstić information content (AvgIpc) is 3.39. The molecule has 142 valence electrons. The number of nitrogens with one attached hydrogen (secondary N) is 1. The van der Waals surface area contributed by atoms with Crippen LogP contribution in [-0.2, 0) is 13.5 Å². The first-order valence-corrected chi connectivity index (χ1v) is 9.46. The van der Waals surface area contributed by atoms with Crippen LogP contribution < -0.4 is 5.32 Å². The average molecular weight is 417 g/mol. The molecule has 0 aliphatic heterocycles. The zero-order chi connectivity index (χ0) is 19.7. The minimum Gasteiger partial charge on any atom is -0.451 e. The van der Waals surface area contributed by atoms with Crippen LogP contribution in [0.1, 0.15) is 21.0 Å². The summed E-state index contributed by atoms with van der Waals surface area (Å²) in [6.07, 6.45) is 5.67. The summed E-state index contributed by atoms with van der Waals surface area (Å²) < 4.78 is 20.5. The predicted octanol–water partition coefficient (Wildman–Crippen LogP) is 4.77. The largest absolute Gasteiger partial charge is 0.451 e. The van der Waals surface area contributed by atoms with E-state index in [2.05, 4.69) is 15.4 Å². The van der Waals surface area contributed by atoms with E-state index in [4.69, 9.17) is 16.0 Å². The number of nitrogens with zero attached hydrogens (tertiary/aromatic N) is 3. The van der Waals surface area contributed by atoms with Gasteiger partial charge in [0.05, 0.1) is 16.8 Å². The Hall–Kier alpha value is -2.97. The third-order valence-corrected chi connectivity index (χ3v) is 5.16. The van der Waals surface area contributed by atoms with E-state index in [-0.39, 0.29) is 16.7 Å². The van der Waals surface area contributed by atoms with Crippen LogP contribution in [0.15, 0.2) is 53.3 Å². The number of anilines is 1. The van der Waals surface area contributed by atoms with E-state index in [9.17, 15) is 9.18 Å². The summed E-state index contributed by atoms with van der Waals surface area (Å²) in [4.78, 5) is 17.5. The minimum absolute atomic E-state index is 0.0813. The predicted molar refractivity (Wildman–Crippen MR) is 105 cm³/mol. The van der Waals surface area contributed by atoms with Crippen LogP contribution in [0.4, 0.5) is 9.52 Å². The minimum atomic E-state index is -0.452. The number of furan rings is 1. The Bertz CT molecular complexity index is 1150. The fraction of sp³-hybridized carbons (Fsp3) is 0.105. The Morgan fingerprint density at radius 2 is 2.18 bits per heavy atom. The molecule has 0 bridgehead atoms. The number of carbonyl (C=O) groups is 1. The fourth-order valence-corrected chi connectivity index (χ4v) is 3.66. The molecule has 1 amide bonds. The maximum Gasteiger partial charge on any atom is 0.293 e. The lowest BCUT2D eigenvalue weighted by molar-refractivity contribution is 0.0997. The number of benzene rings is 1. The van der Waals surface area contributed by atoms with Crippen molar-refractivity contribution in [3.63, 3.8) is 0 Å². The lowest BCUT2D eigenvalue weighted by Crippen LogP contribution is -2.10. The lowest BCUT2D eigenvalue weighted by atomic mass is 10.1. The molecule has 1 aromatic carbocycles. The van der Waals surface area contributed by atoms with E-state index >= 15 is 0 Å². The highest BCUT2D eigenvalue weighted by atomic mass is 35.5. The van der Waals surface area contributed by atoms with Crippen molar-refractivity contribution in [2.75, 3.05) is 5.32 Å². The number of carbonyl (C=O) groups excluding carboxylic acids is 1. The summed E-state index contributed by atoms with van der Waals surface area (Å²) in [6.45, 7) is 0. The molecular formula is C19H14ClFN4O2S. The van der Waals surface area contributed by atoms with E-state index in [1.165, 1.54) is 17.4 Å². The molecule has 0 aliphatic carbocycles. The third-order valence-electron chi connectivity index (χ3n) is 3.96. The van der Waals surface area contributed by atoms with Crippen molar-refractivity contribution in [1.82, 2.24) is 14.8 Å². The van der Waals surface area contributed by atoms with Gasteiger partial charge in [-0.25, -0.2) is 9.37 Å². The Labute approximate surface area is 168 Å². The Kier molecular flexibility index (Phi) is 4.97. The monoisotopic (exact) mass is 416 g/mol. The molecule has 0 unspecified atom stereocenters. The van der Waals surface area contributed by atoms with Gasteiger partial charge in [-0.1, -0.05) is 17.7 Å². The number of aromatic nitrogens is 3. The quantitative estimate of drug-likeness (QED) is 0.508. The Morgan fingerprint density at radius 1 is 1.32 bits per heavy atom. The number of hydrogen-bond donors (Lipinski definition) is 1. The van der Waals surface area contributed by atoms with Crippen molar-refractivity contribution in [3.8, 4) is 11.3 Å². The highest BCUT2D eigenvalue weighted by Gasteiger charge is 2.15. The molecule has 0 atom stereocenters. The van der Waals surface area contributed by atoms with Crippen molar-refractivity contribution in [2.24, 2.45) is 7.05 Å². The molecule has 0 aliphatic rings. The number of thiazole rings is 1. The first kappa shape index (κ1) is 18.4. The molecule has 9 heteroatoms. The van der Waals surface area contributed by atoms with Crippen LogP contribution in [0.5, 0.6) is 0 Å². The summed E-state index contributed by atoms with van der Waals surface area (Å²) in [7, 11) is 1.81. The van der Waals surface area contributed by atoms with E-state index in [0.717, 1.165) is 16.0 Å². The van der Waals surface area contributed by atoms with E-state index in [0.29, 0.717) is 17.3 Å². The maximum atomic E-state index is 13.3. The smallest absolute Gasteiger partial charge is 0.293 e. The number of halogens is 2. The van der Waals surface area contributed by atoms with Crippen LogP contribution in [0, 0.1) is 5.82 Å². The fourth-order valence-electron chi connectivity index (χ4n) is 2.62.